The molecular formula is C20H23F2N3O3. The van der Waals surface area contributed by atoms with Gasteiger partial charge >= 0.3 is 0 Å². The van der Waals surface area contributed by atoms with Crippen molar-refractivity contribution in [3.05, 3.63) is 54.1 Å². The van der Waals surface area contributed by atoms with Crippen LogP contribution < -0.4 is 15.4 Å². The normalized spacial score (nSPS) is 11.8. The maximum absolute atomic E-state index is 13.7. The maximum Gasteiger partial charge on any atom is 0.241 e. The van der Waals surface area contributed by atoms with Gasteiger partial charge in [-0.2, -0.15) is 0 Å². The van der Waals surface area contributed by atoms with Crippen LogP contribution in [0.25, 0.3) is 0 Å². The van der Waals surface area contributed by atoms with E-state index >= 15 is 0 Å². The summed E-state index contributed by atoms with van der Waals surface area (Å²) < 4.78 is 31.8. The lowest BCUT2D eigenvalue weighted by Crippen LogP contribution is -2.45. The fraction of sp³-hybridized carbons (Fsp3) is 0.300. The van der Waals surface area contributed by atoms with Crippen molar-refractivity contribution in [1.82, 2.24) is 4.90 Å². The molecular weight excluding hydrogens is 368 g/mol. The van der Waals surface area contributed by atoms with Crippen molar-refractivity contribution < 1.29 is 23.1 Å². The van der Waals surface area contributed by atoms with Crippen LogP contribution in [0, 0.1) is 11.6 Å². The molecule has 6 nitrogen and oxygen atoms in total. The second-order valence-electron chi connectivity index (χ2n) is 6.13. The first-order chi connectivity index (χ1) is 13.3. The van der Waals surface area contributed by atoms with Gasteiger partial charge in [0.1, 0.15) is 17.4 Å². The van der Waals surface area contributed by atoms with E-state index in [4.69, 9.17) is 4.74 Å². The molecule has 0 aliphatic rings. The molecule has 1 unspecified atom stereocenters. The molecule has 2 aromatic carbocycles. The number of ether oxygens (including phenoxy) is 1. The van der Waals surface area contributed by atoms with Crippen LogP contribution in [-0.2, 0) is 9.59 Å². The molecule has 0 heterocycles. The first-order valence-corrected chi connectivity index (χ1v) is 8.78. The number of halogens is 2. The van der Waals surface area contributed by atoms with Crippen LogP contribution in [0.3, 0.4) is 0 Å². The minimum Gasteiger partial charge on any atom is -0.497 e. The number of carbonyl (C=O) groups excluding carboxylic acids is 2. The van der Waals surface area contributed by atoms with Gasteiger partial charge < -0.3 is 15.4 Å². The molecule has 8 heteroatoms. The summed E-state index contributed by atoms with van der Waals surface area (Å²) in [6, 6.07) is 9.07. The molecule has 2 aromatic rings. The number of hydrogen-bond donors (Lipinski definition) is 2. The summed E-state index contributed by atoms with van der Waals surface area (Å²) in [5.41, 5.74) is 0.490. The van der Waals surface area contributed by atoms with Crippen molar-refractivity contribution in [3.63, 3.8) is 0 Å². The number of methoxy groups -OCH3 is 1. The Hall–Kier alpha value is -3.00. The highest BCUT2D eigenvalue weighted by Gasteiger charge is 2.23. The summed E-state index contributed by atoms with van der Waals surface area (Å²) >= 11 is 0. The van der Waals surface area contributed by atoms with E-state index in [2.05, 4.69) is 10.6 Å². The van der Waals surface area contributed by atoms with E-state index in [1.165, 1.54) is 0 Å². The van der Waals surface area contributed by atoms with Gasteiger partial charge in [0.25, 0.3) is 0 Å². The zero-order valence-corrected chi connectivity index (χ0v) is 16.0. The van der Waals surface area contributed by atoms with Crippen molar-refractivity contribution in [1.29, 1.82) is 0 Å². The van der Waals surface area contributed by atoms with Gasteiger partial charge in [0.2, 0.25) is 11.8 Å². The average molecular weight is 391 g/mol. The smallest absolute Gasteiger partial charge is 0.241 e. The number of nitrogens with one attached hydrogen (secondary N) is 2. The van der Waals surface area contributed by atoms with Crippen LogP contribution in [-0.4, -0.2) is 43.0 Å². The number of anilines is 2. The molecule has 0 saturated carbocycles. The molecule has 2 N–H and O–H groups in total. The molecule has 0 spiro atoms. The number of hydrogen-bond acceptors (Lipinski definition) is 4. The van der Waals surface area contributed by atoms with Crippen LogP contribution in [0.1, 0.15) is 13.8 Å². The van der Waals surface area contributed by atoms with Crippen molar-refractivity contribution in [3.8, 4) is 5.75 Å². The largest absolute Gasteiger partial charge is 0.497 e. The number of carbonyl (C=O) groups is 2. The van der Waals surface area contributed by atoms with Gasteiger partial charge in [0, 0.05) is 11.8 Å². The predicted octanol–water partition coefficient (Wildman–Crippen LogP) is 3.26. The number of nitrogens with zero attached hydrogens (tertiary/aromatic N) is 1. The second kappa shape index (κ2) is 9.80. The van der Waals surface area contributed by atoms with Crippen LogP contribution in [0.15, 0.2) is 42.5 Å². The molecule has 0 radical (unpaired) electrons. The first kappa shape index (κ1) is 21.3. The van der Waals surface area contributed by atoms with Crippen molar-refractivity contribution in [2.45, 2.75) is 19.9 Å². The van der Waals surface area contributed by atoms with Gasteiger partial charge in [0.15, 0.2) is 0 Å². The topological polar surface area (TPSA) is 70.7 Å². The highest BCUT2D eigenvalue weighted by molar-refractivity contribution is 5.96. The van der Waals surface area contributed by atoms with Crippen LogP contribution in [0.2, 0.25) is 0 Å². The molecule has 28 heavy (non-hydrogen) atoms. The summed E-state index contributed by atoms with van der Waals surface area (Å²) in [6.45, 7) is 3.82. The van der Waals surface area contributed by atoms with Crippen molar-refractivity contribution in [2.24, 2.45) is 0 Å². The standard InChI is InChI=1S/C20H23F2N3O3/c1-4-25(12-19(26)23-15-6-8-16(28-3)9-7-15)13(2)20(27)24-18-10-5-14(21)11-17(18)22/h5-11,13H,4,12H2,1-3H3,(H,23,26)(H,24,27). The molecule has 0 aromatic heterocycles. The molecule has 0 fully saturated rings. The van der Waals surface area contributed by atoms with E-state index in [9.17, 15) is 18.4 Å². The van der Waals surface area contributed by atoms with E-state index in [0.717, 1.165) is 12.1 Å². The molecule has 0 aliphatic heterocycles. The molecule has 2 rings (SSSR count). The Morgan fingerprint density at radius 3 is 2.36 bits per heavy atom. The van der Waals surface area contributed by atoms with Crippen molar-refractivity contribution >= 4 is 23.2 Å². The maximum atomic E-state index is 13.7. The van der Waals surface area contributed by atoms with E-state index in [1.807, 2.05) is 6.92 Å². The number of rotatable bonds is 8. The first-order valence-electron chi connectivity index (χ1n) is 8.78. The molecule has 0 aliphatic carbocycles. The van der Waals surface area contributed by atoms with E-state index in [1.54, 1.807) is 43.2 Å². The fourth-order valence-electron chi connectivity index (χ4n) is 2.58. The van der Waals surface area contributed by atoms with Crippen LogP contribution in [0.5, 0.6) is 5.75 Å². The minimum atomic E-state index is -0.860. The zero-order valence-electron chi connectivity index (χ0n) is 16.0. The Morgan fingerprint density at radius 1 is 1.11 bits per heavy atom. The number of benzene rings is 2. The highest BCUT2D eigenvalue weighted by atomic mass is 19.1. The summed E-state index contributed by atoms with van der Waals surface area (Å²) in [5, 5.41) is 5.17. The molecule has 0 saturated heterocycles. The summed E-state index contributed by atoms with van der Waals surface area (Å²) in [5.74, 6) is -1.70. The molecule has 150 valence electrons. The average Bonchev–Trinajstić information content (AvgIpc) is 2.68. The summed E-state index contributed by atoms with van der Waals surface area (Å²) in [6.07, 6.45) is 0. The van der Waals surface area contributed by atoms with Gasteiger partial charge in [-0.1, -0.05) is 6.92 Å². The SMILES string of the molecule is CCN(CC(=O)Nc1ccc(OC)cc1)C(C)C(=O)Nc1ccc(F)cc1F. The quantitative estimate of drug-likeness (QED) is 0.725. The zero-order chi connectivity index (χ0) is 20.7. The van der Waals surface area contributed by atoms with E-state index < -0.39 is 23.6 Å². The van der Waals surface area contributed by atoms with Crippen LogP contribution >= 0.6 is 0 Å². The minimum absolute atomic E-state index is 0.0248. The van der Waals surface area contributed by atoms with E-state index in [0.29, 0.717) is 24.0 Å². The number of likely N-dealkylation sites (N-methyl/N-ethyl adjacent to an activating group) is 1. The molecule has 0 bridgehead atoms. The molecule has 2 amide bonds. The summed E-state index contributed by atoms with van der Waals surface area (Å²) in [7, 11) is 1.55. The Labute approximate surface area is 162 Å². The monoisotopic (exact) mass is 391 g/mol. The van der Waals surface area contributed by atoms with Gasteiger partial charge in [-0.15, -0.1) is 0 Å². The third-order valence-corrected chi connectivity index (χ3v) is 4.24. The lowest BCUT2D eigenvalue weighted by Gasteiger charge is -2.26. The third kappa shape index (κ3) is 5.75. The Morgan fingerprint density at radius 2 is 1.79 bits per heavy atom. The Bertz CT molecular complexity index is 828. The summed E-state index contributed by atoms with van der Waals surface area (Å²) in [4.78, 5) is 26.3. The molecule has 1 atom stereocenters. The van der Waals surface area contributed by atoms with Gasteiger partial charge in [0.05, 0.1) is 25.4 Å². The predicted molar refractivity (Wildman–Crippen MR) is 103 cm³/mol. The third-order valence-electron chi connectivity index (χ3n) is 4.24. The van der Waals surface area contributed by atoms with Crippen LogP contribution in [0.4, 0.5) is 20.2 Å². The van der Waals surface area contributed by atoms with Gasteiger partial charge in [-0.3, -0.25) is 14.5 Å². The van der Waals surface area contributed by atoms with Gasteiger partial charge in [-0.25, -0.2) is 8.78 Å². The lowest BCUT2D eigenvalue weighted by atomic mass is 10.2. The van der Waals surface area contributed by atoms with Crippen molar-refractivity contribution in [2.75, 3.05) is 30.8 Å². The highest BCUT2D eigenvalue weighted by Crippen LogP contribution is 2.17. The fourth-order valence-corrected chi connectivity index (χ4v) is 2.58. The lowest BCUT2D eigenvalue weighted by molar-refractivity contribution is -0.123. The Balaban J connectivity index is 1.96. The second-order valence-corrected chi connectivity index (χ2v) is 6.13. The Kier molecular flexibility index (Phi) is 7.45. The van der Waals surface area contributed by atoms with Gasteiger partial charge in [-0.05, 0) is 49.9 Å². The number of amides is 2. The van der Waals surface area contributed by atoms with E-state index in [-0.39, 0.29) is 18.1 Å².